The third kappa shape index (κ3) is 2.73. The third-order valence-electron chi connectivity index (χ3n) is 4.66. The Labute approximate surface area is 145 Å². The van der Waals surface area contributed by atoms with Crippen molar-refractivity contribution in [1.82, 2.24) is 29.4 Å². The fourth-order valence-electron chi connectivity index (χ4n) is 3.32. The smallest absolute Gasteiger partial charge is 0.272 e. The molecular weight excluding hydrogens is 320 g/mol. The van der Waals surface area contributed by atoms with E-state index >= 15 is 0 Å². The van der Waals surface area contributed by atoms with E-state index in [9.17, 15) is 4.79 Å². The maximum atomic E-state index is 12.7. The Hall–Kier alpha value is -2.90. The number of likely N-dealkylation sites (tertiary alicyclic amines) is 1. The van der Waals surface area contributed by atoms with E-state index in [1.165, 1.54) is 0 Å². The molecule has 0 spiro atoms. The molecule has 0 N–H and O–H groups in total. The van der Waals surface area contributed by atoms with Crippen molar-refractivity contribution < 1.29 is 9.32 Å². The van der Waals surface area contributed by atoms with Gasteiger partial charge in [-0.1, -0.05) is 5.16 Å². The molecule has 25 heavy (non-hydrogen) atoms. The van der Waals surface area contributed by atoms with Gasteiger partial charge < -0.3 is 14.0 Å². The van der Waals surface area contributed by atoms with Crippen molar-refractivity contribution in [3.63, 3.8) is 0 Å². The average molecular weight is 340 g/mol. The number of hydrogen-bond donors (Lipinski definition) is 0. The number of amides is 1. The van der Waals surface area contributed by atoms with E-state index in [4.69, 9.17) is 4.52 Å². The van der Waals surface area contributed by atoms with Crippen molar-refractivity contribution in [3.05, 3.63) is 41.7 Å². The molecular formula is C17H20N6O2. The lowest BCUT2D eigenvalue weighted by atomic mass is 10.1. The summed E-state index contributed by atoms with van der Waals surface area (Å²) in [6, 6.07) is 5.71. The van der Waals surface area contributed by atoms with Gasteiger partial charge in [0.2, 0.25) is 11.7 Å². The summed E-state index contributed by atoms with van der Waals surface area (Å²) in [7, 11) is 3.73. The van der Waals surface area contributed by atoms with Crippen LogP contribution in [-0.4, -0.2) is 48.4 Å². The lowest BCUT2D eigenvalue weighted by molar-refractivity contribution is 0.0778. The Morgan fingerprint density at radius 3 is 2.88 bits per heavy atom. The van der Waals surface area contributed by atoms with Gasteiger partial charge in [0.1, 0.15) is 5.69 Å². The maximum absolute atomic E-state index is 12.7. The largest absolute Gasteiger partial charge is 0.348 e. The molecule has 4 heterocycles. The van der Waals surface area contributed by atoms with Crippen molar-refractivity contribution in [3.8, 4) is 11.5 Å². The summed E-state index contributed by atoms with van der Waals surface area (Å²) in [6.07, 6.45) is 2.76. The molecule has 0 radical (unpaired) electrons. The minimum atomic E-state index is -0.00669. The zero-order valence-corrected chi connectivity index (χ0v) is 14.5. The summed E-state index contributed by atoms with van der Waals surface area (Å²) < 4.78 is 9.04. The van der Waals surface area contributed by atoms with Crippen LogP contribution in [0.25, 0.3) is 11.5 Å². The molecule has 4 rings (SSSR count). The molecule has 0 aromatic carbocycles. The summed E-state index contributed by atoms with van der Waals surface area (Å²) in [5, 5.41) is 8.33. The number of carbonyl (C=O) groups excluding carboxylic acids is 1. The molecule has 3 aromatic rings. The van der Waals surface area contributed by atoms with Crippen LogP contribution in [0.5, 0.6) is 0 Å². The van der Waals surface area contributed by atoms with Crippen LogP contribution in [0.2, 0.25) is 0 Å². The monoisotopic (exact) mass is 340 g/mol. The highest BCUT2D eigenvalue weighted by molar-refractivity contribution is 5.93. The predicted molar refractivity (Wildman–Crippen MR) is 89.9 cm³/mol. The lowest BCUT2D eigenvalue weighted by Crippen LogP contribution is -2.30. The van der Waals surface area contributed by atoms with Gasteiger partial charge in [-0.05, 0) is 31.5 Å². The number of aromatic nitrogens is 5. The van der Waals surface area contributed by atoms with Crippen LogP contribution in [0.1, 0.15) is 34.4 Å². The zero-order valence-electron chi connectivity index (χ0n) is 14.5. The van der Waals surface area contributed by atoms with E-state index in [0.29, 0.717) is 30.5 Å². The molecule has 0 saturated carbocycles. The molecule has 0 bridgehead atoms. The normalized spacial score (nSPS) is 17.4. The van der Waals surface area contributed by atoms with Gasteiger partial charge >= 0.3 is 0 Å². The molecule has 1 saturated heterocycles. The highest BCUT2D eigenvalue weighted by Gasteiger charge is 2.32. The molecule has 8 nitrogen and oxygen atoms in total. The SMILES string of the molecule is Cc1cc(C(=O)N2CCC(c3nc(-c4cccn4C)no3)C2)n(C)n1. The van der Waals surface area contributed by atoms with Crippen molar-refractivity contribution in [1.29, 1.82) is 0 Å². The van der Waals surface area contributed by atoms with Crippen molar-refractivity contribution >= 4 is 5.91 Å². The van der Waals surface area contributed by atoms with Crippen molar-refractivity contribution in [2.45, 2.75) is 19.3 Å². The summed E-state index contributed by atoms with van der Waals surface area (Å²) in [4.78, 5) is 19.0. The van der Waals surface area contributed by atoms with Gasteiger partial charge in [-0.25, -0.2) is 0 Å². The highest BCUT2D eigenvalue weighted by atomic mass is 16.5. The standard InChI is InChI=1S/C17H20N6O2/c1-11-9-14(22(3)19-11)17(24)23-8-6-12(10-23)16-18-15(20-25-16)13-5-4-7-21(13)2/h4-5,7,9,12H,6,8,10H2,1-3H3. The van der Waals surface area contributed by atoms with Crippen LogP contribution < -0.4 is 0 Å². The van der Waals surface area contributed by atoms with Crippen LogP contribution in [-0.2, 0) is 14.1 Å². The van der Waals surface area contributed by atoms with E-state index in [1.807, 2.05) is 47.8 Å². The quantitative estimate of drug-likeness (QED) is 0.725. The van der Waals surface area contributed by atoms with Gasteiger partial charge in [0, 0.05) is 33.4 Å². The second kappa shape index (κ2) is 5.87. The van der Waals surface area contributed by atoms with Crippen molar-refractivity contribution in [2.75, 3.05) is 13.1 Å². The number of hydrogen-bond acceptors (Lipinski definition) is 5. The summed E-state index contributed by atoms with van der Waals surface area (Å²) in [6.45, 7) is 3.14. The van der Waals surface area contributed by atoms with Crippen molar-refractivity contribution in [2.24, 2.45) is 14.1 Å². The van der Waals surface area contributed by atoms with Crippen LogP contribution >= 0.6 is 0 Å². The van der Waals surface area contributed by atoms with Crippen LogP contribution in [0.15, 0.2) is 28.9 Å². The van der Waals surface area contributed by atoms with Gasteiger partial charge in [-0.15, -0.1) is 0 Å². The molecule has 1 unspecified atom stereocenters. The number of rotatable bonds is 3. The minimum Gasteiger partial charge on any atom is -0.348 e. The van der Waals surface area contributed by atoms with E-state index in [1.54, 1.807) is 11.7 Å². The molecule has 1 atom stereocenters. The highest BCUT2D eigenvalue weighted by Crippen LogP contribution is 2.28. The van der Waals surface area contributed by atoms with Gasteiger partial charge in [0.15, 0.2) is 0 Å². The second-order valence-corrected chi connectivity index (χ2v) is 6.49. The number of carbonyl (C=O) groups is 1. The van der Waals surface area contributed by atoms with Crippen LogP contribution in [0.3, 0.4) is 0 Å². The first kappa shape index (κ1) is 15.6. The lowest BCUT2D eigenvalue weighted by Gasteiger charge is -2.15. The predicted octanol–water partition coefficient (Wildman–Crippen LogP) is 1.75. The van der Waals surface area contributed by atoms with Gasteiger partial charge in [-0.2, -0.15) is 10.1 Å². The van der Waals surface area contributed by atoms with E-state index in [2.05, 4.69) is 15.2 Å². The molecule has 1 fully saturated rings. The Balaban J connectivity index is 1.49. The second-order valence-electron chi connectivity index (χ2n) is 6.49. The van der Waals surface area contributed by atoms with Crippen LogP contribution in [0, 0.1) is 6.92 Å². The van der Waals surface area contributed by atoms with E-state index < -0.39 is 0 Å². The molecule has 3 aromatic heterocycles. The summed E-state index contributed by atoms with van der Waals surface area (Å²) >= 11 is 0. The fraction of sp³-hybridized carbons (Fsp3) is 0.412. The molecule has 8 heteroatoms. The Morgan fingerprint density at radius 2 is 2.20 bits per heavy atom. The Kier molecular flexibility index (Phi) is 3.67. The third-order valence-corrected chi connectivity index (χ3v) is 4.66. The molecule has 1 aliphatic rings. The fourth-order valence-corrected chi connectivity index (χ4v) is 3.32. The van der Waals surface area contributed by atoms with Gasteiger partial charge in [0.25, 0.3) is 5.91 Å². The molecule has 0 aliphatic carbocycles. The van der Waals surface area contributed by atoms with E-state index in [-0.39, 0.29) is 11.8 Å². The molecule has 1 amide bonds. The van der Waals surface area contributed by atoms with Crippen LogP contribution in [0.4, 0.5) is 0 Å². The first-order chi connectivity index (χ1) is 12.0. The summed E-state index contributed by atoms with van der Waals surface area (Å²) in [5.74, 6) is 1.23. The van der Waals surface area contributed by atoms with Gasteiger partial charge in [-0.3, -0.25) is 9.48 Å². The topological polar surface area (TPSA) is 82.0 Å². The number of nitrogens with zero attached hydrogens (tertiary/aromatic N) is 6. The van der Waals surface area contributed by atoms with Gasteiger partial charge in [0.05, 0.1) is 17.3 Å². The Morgan fingerprint density at radius 1 is 1.36 bits per heavy atom. The summed E-state index contributed by atoms with van der Waals surface area (Å²) in [5.41, 5.74) is 2.35. The zero-order chi connectivity index (χ0) is 17.6. The van der Waals surface area contributed by atoms with E-state index in [0.717, 1.165) is 17.8 Å². The average Bonchev–Trinajstić information content (AvgIpc) is 3.32. The number of aryl methyl sites for hydroxylation is 3. The molecule has 1 aliphatic heterocycles. The molecule has 130 valence electrons. The Bertz CT molecular complexity index is 921. The maximum Gasteiger partial charge on any atom is 0.272 e. The minimum absolute atomic E-state index is 0.00669. The first-order valence-corrected chi connectivity index (χ1v) is 8.28. The first-order valence-electron chi connectivity index (χ1n) is 8.28.